The molecule has 1 amide bonds. The molecule has 2 aromatic rings. The largest absolute Gasteiger partial charge is 0.494 e. The number of rotatable bonds is 8. The lowest BCUT2D eigenvalue weighted by Crippen LogP contribution is -2.28. The predicted octanol–water partition coefficient (Wildman–Crippen LogP) is 3.79. The van der Waals surface area contributed by atoms with Crippen LogP contribution < -0.4 is 15.4 Å². The van der Waals surface area contributed by atoms with E-state index in [4.69, 9.17) is 9.84 Å². The van der Waals surface area contributed by atoms with Gasteiger partial charge in [0.15, 0.2) is 0 Å². The molecule has 3 N–H and O–H groups in total. The van der Waals surface area contributed by atoms with E-state index in [1.807, 2.05) is 45.0 Å². The van der Waals surface area contributed by atoms with Crippen molar-refractivity contribution in [1.29, 1.82) is 5.26 Å². The van der Waals surface area contributed by atoms with Crippen LogP contribution in [0.1, 0.15) is 41.4 Å². The Morgan fingerprint density at radius 1 is 1.28 bits per heavy atom. The van der Waals surface area contributed by atoms with E-state index in [9.17, 15) is 14.9 Å². The van der Waals surface area contributed by atoms with Gasteiger partial charge in [0.05, 0.1) is 18.2 Å². The molecule has 29 heavy (non-hydrogen) atoms. The van der Waals surface area contributed by atoms with Crippen molar-refractivity contribution >= 4 is 17.6 Å². The fourth-order valence-corrected chi connectivity index (χ4v) is 2.69. The molecule has 0 aromatic heterocycles. The molecule has 1 atom stereocenters. The van der Waals surface area contributed by atoms with Crippen molar-refractivity contribution < 1.29 is 19.4 Å². The minimum Gasteiger partial charge on any atom is -0.494 e. The summed E-state index contributed by atoms with van der Waals surface area (Å²) in [7, 11) is 0. The number of benzene rings is 2. The van der Waals surface area contributed by atoms with E-state index >= 15 is 0 Å². The Kier molecular flexibility index (Phi) is 7.38. The van der Waals surface area contributed by atoms with Gasteiger partial charge in [-0.3, -0.25) is 4.79 Å². The zero-order valence-electron chi connectivity index (χ0n) is 16.5. The number of aromatic carboxylic acids is 1. The molecule has 0 bridgehead atoms. The number of carbonyl (C=O) groups is 2. The van der Waals surface area contributed by atoms with Crippen LogP contribution >= 0.6 is 0 Å². The number of ether oxygens (including phenoxy) is 1. The molecule has 1 unspecified atom stereocenters. The van der Waals surface area contributed by atoms with Crippen LogP contribution in [0.25, 0.3) is 0 Å². The van der Waals surface area contributed by atoms with E-state index in [2.05, 4.69) is 10.6 Å². The van der Waals surface area contributed by atoms with Gasteiger partial charge in [-0.1, -0.05) is 23.8 Å². The molecule has 0 spiro atoms. The van der Waals surface area contributed by atoms with Crippen molar-refractivity contribution in [3.05, 3.63) is 70.9 Å². The van der Waals surface area contributed by atoms with Gasteiger partial charge in [-0.2, -0.15) is 5.26 Å². The first kappa shape index (κ1) is 21.5. The second-order valence-corrected chi connectivity index (χ2v) is 6.37. The number of nitrogens with one attached hydrogen (secondary N) is 2. The van der Waals surface area contributed by atoms with Gasteiger partial charge in [-0.05, 0) is 45.0 Å². The molecule has 0 fully saturated rings. The first-order valence-electron chi connectivity index (χ1n) is 9.10. The summed E-state index contributed by atoms with van der Waals surface area (Å²) < 4.78 is 5.63. The zero-order valence-corrected chi connectivity index (χ0v) is 16.5. The number of carbonyl (C=O) groups excluding carboxylic acids is 1. The maximum Gasteiger partial charge on any atom is 0.335 e. The topological polar surface area (TPSA) is 111 Å². The van der Waals surface area contributed by atoms with Gasteiger partial charge < -0.3 is 20.5 Å². The van der Waals surface area contributed by atoms with Gasteiger partial charge in [0.2, 0.25) is 0 Å². The second kappa shape index (κ2) is 9.95. The summed E-state index contributed by atoms with van der Waals surface area (Å²) in [5.74, 6) is -0.934. The minimum absolute atomic E-state index is 0.0999. The van der Waals surface area contributed by atoms with Crippen molar-refractivity contribution in [2.45, 2.75) is 26.8 Å². The van der Waals surface area contributed by atoms with Crippen molar-refractivity contribution in [3.63, 3.8) is 0 Å². The number of nitrogens with zero attached hydrogens (tertiary/aromatic N) is 1. The molecule has 150 valence electrons. The van der Waals surface area contributed by atoms with Crippen molar-refractivity contribution in [3.8, 4) is 11.8 Å². The van der Waals surface area contributed by atoms with Gasteiger partial charge in [0.1, 0.15) is 17.4 Å². The van der Waals surface area contributed by atoms with Gasteiger partial charge in [-0.25, -0.2) is 4.79 Å². The standard InChI is InChI=1S/C22H23N3O4/c1-4-29-20-9-8-14(2)10-19(20)15(3)25-21(26)17(12-23)13-24-18-7-5-6-16(11-18)22(27)28/h5-11,13,15,24H,4H2,1-3H3,(H,25,26)(H,27,28)/b17-13-. The Hall–Kier alpha value is -3.79. The molecule has 0 saturated heterocycles. The lowest BCUT2D eigenvalue weighted by molar-refractivity contribution is -0.117. The quantitative estimate of drug-likeness (QED) is 0.465. The normalized spacial score (nSPS) is 11.9. The van der Waals surface area contributed by atoms with Crippen LogP contribution in [-0.2, 0) is 4.79 Å². The number of amides is 1. The second-order valence-electron chi connectivity index (χ2n) is 6.37. The van der Waals surface area contributed by atoms with Gasteiger partial charge >= 0.3 is 5.97 Å². The van der Waals surface area contributed by atoms with Crippen LogP contribution in [0.4, 0.5) is 5.69 Å². The Bertz CT molecular complexity index is 976. The number of carboxylic acid groups (broad SMARTS) is 1. The summed E-state index contributed by atoms with van der Waals surface area (Å²) in [4.78, 5) is 23.6. The molecule has 2 aromatic carbocycles. The highest BCUT2D eigenvalue weighted by Crippen LogP contribution is 2.26. The molecule has 7 nitrogen and oxygen atoms in total. The maximum absolute atomic E-state index is 12.5. The lowest BCUT2D eigenvalue weighted by Gasteiger charge is -2.18. The molecular weight excluding hydrogens is 370 g/mol. The molecule has 0 aliphatic carbocycles. The third-order valence-electron chi connectivity index (χ3n) is 4.14. The van der Waals surface area contributed by atoms with Crippen LogP contribution in [0, 0.1) is 18.3 Å². The summed E-state index contributed by atoms with van der Waals surface area (Å²) in [5.41, 5.74) is 2.27. The van der Waals surface area contributed by atoms with Crippen LogP contribution in [0.5, 0.6) is 5.75 Å². The minimum atomic E-state index is -1.06. The number of anilines is 1. The Balaban J connectivity index is 2.15. The summed E-state index contributed by atoms with van der Waals surface area (Å²) in [6.45, 7) is 6.14. The van der Waals surface area contributed by atoms with Crippen molar-refractivity contribution in [2.75, 3.05) is 11.9 Å². The molecular formula is C22H23N3O4. The highest BCUT2D eigenvalue weighted by Gasteiger charge is 2.17. The molecule has 0 aliphatic heterocycles. The number of nitriles is 1. The fourth-order valence-electron chi connectivity index (χ4n) is 2.69. The lowest BCUT2D eigenvalue weighted by atomic mass is 10.0. The smallest absolute Gasteiger partial charge is 0.335 e. The number of carboxylic acids is 1. The third-order valence-corrected chi connectivity index (χ3v) is 4.14. The van der Waals surface area contributed by atoms with Gasteiger partial charge in [0, 0.05) is 17.5 Å². The van der Waals surface area contributed by atoms with E-state index in [1.165, 1.54) is 18.3 Å². The van der Waals surface area contributed by atoms with E-state index in [0.717, 1.165) is 11.1 Å². The fraction of sp³-hybridized carbons (Fsp3) is 0.227. The van der Waals surface area contributed by atoms with Gasteiger partial charge in [-0.15, -0.1) is 0 Å². The Labute approximate surface area is 169 Å². The molecule has 0 heterocycles. The first-order chi connectivity index (χ1) is 13.8. The Morgan fingerprint density at radius 3 is 2.69 bits per heavy atom. The average molecular weight is 393 g/mol. The predicted molar refractivity (Wildman–Crippen MR) is 110 cm³/mol. The first-order valence-corrected chi connectivity index (χ1v) is 9.10. The number of hydrogen-bond donors (Lipinski definition) is 3. The highest BCUT2D eigenvalue weighted by molar-refractivity contribution is 5.97. The zero-order chi connectivity index (χ0) is 21.4. The average Bonchev–Trinajstić information content (AvgIpc) is 2.70. The molecule has 0 saturated carbocycles. The molecule has 0 aliphatic rings. The summed E-state index contributed by atoms with van der Waals surface area (Å²) >= 11 is 0. The van der Waals surface area contributed by atoms with E-state index < -0.39 is 11.9 Å². The summed E-state index contributed by atoms with van der Waals surface area (Å²) in [6, 6.07) is 13.3. The van der Waals surface area contributed by atoms with Crippen molar-refractivity contribution in [2.24, 2.45) is 0 Å². The maximum atomic E-state index is 12.5. The summed E-state index contributed by atoms with van der Waals surface area (Å²) in [6.07, 6.45) is 1.25. The number of aryl methyl sites for hydroxylation is 1. The highest BCUT2D eigenvalue weighted by atomic mass is 16.5. The molecule has 0 radical (unpaired) electrons. The van der Waals surface area contributed by atoms with Crippen molar-refractivity contribution in [1.82, 2.24) is 5.32 Å². The third kappa shape index (κ3) is 5.84. The van der Waals surface area contributed by atoms with E-state index in [1.54, 1.807) is 12.1 Å². The monoisotopic (exact) mass is 393 g/mol. The van der Waals surface area contributed by atoms with Gasteiger partial charge in [0.25, 0.3) is 5.91 Å². The molecule has 2 rings (SSSR count). The van der Waals surface area contributed by atoms with Crippen LogP contribution in [-0.4, -0.2) is 23.6 Å². The van der Waals surface area contributed by atoms with E-state index in [-0.39, 0.29) is 17.2 Å². The van der Waals surface area contributed by atoms with Crippen LogP contribution in [0.2, 0.25) is 0 Å². The van der Waals surface area contributed by atoms with E-state index in [0.29, 0.717) is 18.0 Å². The Morgan fingerprint density at radius 2 is 2.03 bits per heavy atom. The molecule has 7 heteroatoms. The van der Waals surface area contributed by atoms with Crippen LogP contribution in [0.15, 0.2) is 54.2 Å². The van der Waals surface area contributed by atoms with Crippen LogP contribution in [0.3, 0.4) is 0 Å². The SMILES string of the molecule is CCOc1ccc(C)cc1C(C)NC(=O)/C(C#N)=C\Nc1cccc(C(=O)O)c1. The summed E-state index contributed by atoms with van der Waals surface area (Å²) in [5, 5.41) is 24.0. The number of hydrogen-bond acceptors (Lipinski definition) is 5.